The molecule has 106 valence electrons. The van der Waals surface area contributed by atoms with E-state index in [0.29, 0.717) is 13.0 Å². The fraction of sp³-hybridized carbons (Fsp3) is 0.375. The molecule has 1 aliphatic rings. The first-order valence-electron chi connectivity index (χ1n) is 6.86. The van der Waals surface area contributed by atoms with Crippen molar-refractivity contribution >= 4 is 18.0 Å². The van der Waals surface area contributed by atoms with E-state index in [4.69, 9.17) is 5.11 Å². The Kier molecular flexibility index (Phi) is 4.56. The molecular formula is C16H19NO3. The molecular weight excluding hydrogens is 254 g/mol. The van der Waals surface area contributed by atoms with Crippen LogP contribution in [0.25, 0.3) is 6.08 Å². The predicted molar refractivity (Wildman–Crippen MR) is 77.2 cm³/mol. The van der Waals surface area contributed by atoms with Crippen LogP contribution in [0.1, 0.15) is 30.4 Å². The van der Waals surface area contributed by atoms with E-state index in [-0.39, 0.29) is 5.91 Å². The zero-order valence-electron chi connectivity index (χ0n) is 11.6. The number of nitrogens with zero attached hydrogens (tertiary/aromatic N) is 1. The number of carboxylic acid groups (broad SMARTS) is 1. The highest BCUT2D eigenvalue weighted by Crippen LogP contribution is 2.18. The third-order valence-electron chi connectivity index (χ3n) is 3.57. The molecule has 20 heavy (non-hydrogen) atoms. The summed E-state index contributed by atoms with van der Waals surface area (Å²) >= 11 is 0. The highest BCUT2D eigenvalue weighted by Gasteiger charge is 2.30. The normalized spacial score (nSPS) is 19.2. The Morgan fingerprint density at radius 1 is 1.25 bits per heavy atom. The molecule has 1 heterocycles. The Labute approximate surface area is 118 Å². The second-order valence-corrected chi connectivity index (χ2v) is 5.13. The molecule has 0 unspecified atom stereocenters. The van der Waals surface area contributed by atoms with Gasteiger partial charge in [-0.25, -0.2) is 4.79 Å². The van der Waals surface area contributed by atoms with Crippen LogP contribution in [0.2, 0.25) is 0 Å². The molecule has 0 spiro atoms. The van der Waals surface area contributed by atoms with Gasteiger partial charge in [-0.2, -0.15) is 0 Å². The second-order valence-electron chi connectivity index (χ2n) is 5.13. The molecule has 1 aromatic rings. The molecule has 1 aromatic carbocycles. The van der Waals surface area contributed by atoms with Crippen molar-refractivity contribution in [1.82, 2.24) is 4.90 Å². The molecule has 2 rings (SSSR count). The van der Waals surface area contributed by atoms with Crippen LogP contribution in [0.5, 0.6) is 0 Å². The quantitative estimate of drug-likeness (QED) is 0.861. The number of aryl methyl sites for hydroxylation is 1. The minimum atomic E-state index is -0.915. The number of benzene rings is 1. The Hall–Kier alpha value is -2.10. The number of carboxylic acids is 1. The minimum absolute atomic E-state index is 0.224. The van der Waals surface area contributed by atoms with Gasteiger partial charge in [-0.3, -0.25) is 4.79 Å². The SMILES string of the molecule is Cc1ccc(C=CC(=O)N2CCCC[C@@H]2C(=O)O)cc1. The van der Waals surface area contributed by atoms with Gasteiger partial charge >= 0.3 is 5.97 Å². The lowest BCUT2D eigenvalue weighted by Crippen LogP contribution is -2.47. The topological polar surface area (TPSA) is 57.6 Å². The maximum atomic E-state index is 12.1. The van der Waals surface area contributed by atoms with E-state index in [2.05, 4.69) is 0 Å². The first-order chi connectivity index (χ1) is 9.58. The highest BCUT2D eigenvalue weighted by atomic mass is 16.4. The summed E-state index contributed by atoms with van der Waals surface area (Å²) in [5.41, 5.74) is 2.10. The van der Waals surface area contributed by atoms with Crippen LogP contribution in [-0.4, -0.2) is 34.5 Å². The Morgan fingerprint density at radius 2 is 1.95 bits per heavy atom. The van der Waals surface area contributed by atoms with Gasteiger partial charge in [0.05, 0.1) is 0 Å². The molecule has 1 saturated heterocycles. The summed E-state index contributed by atoms with van der Waals surface area (Å²) in [6.07, 6.45) is 5.47. The molecule has 1 N–H and O–H groups in total. The summed E-state index contributed by atoms with van der Waals surface area (Å²) in [5.74, 6) is -1.14. The molecule has 0 aromatic heterocycles. The summed E-state index contributed by atoms with van der Waals surface area (Å²) in [7, 11) is 0. The first kappa shape index (κ1) is 14.3. The highest BCUT2D eigenvalue weighted by molar-refractivity contribution is 5.94. The van der Waals surface area contributed by atoms with Gasteiger partial charge in [-0.15, -0.1) is 0 Å². The van der Waals surface area contributed by atoms with Crippen molar-refractivity contribution in [2.24, 2.45) is 0 Å². The van der Waals surface area contributed by atoms with Crippen LogP contribution in [0, 0.1) is 6.92 Å². The third kappa shape index (κ3) is 3.47. The number of carbonyl (C=O) groups excluding carboxylic acids is 1. The lowest BCUT2D eigenvalue weighted by atomic mass is 10.0. The molecule has 4 nitrogen and oxygen atoms in total. The number of likely N-dealkylation sites (tertiary alicyclic amines) is 1. The zero-order chi connectivity index (χ0) is 14.5. The third-order valence-corrected chi connectivity index (χ3v) is 3.57. The van der Waals surface area contributed by atoms with Gasteiger partial charge in [-0.05, 0) is 37.8 Å². The molecule has 0 bridgehead atoms. The zero-order valence-corrected chi connectivity index (χ0v) is 11.6. The van der Waals surface area contributed by atoms with Gasteiger partial charge in [0.1, 0.15) is 6.04 Å². The molecule has 1 fully saturated rings. The molecule has 0 aliphatic carbocycles. The average molecular weight is 273 g/mol. The molecule has 1 atom stereocenters. The number of rotatable bonds is 3. The van der Waals surface area contributed by atoms with Crippen LogP contribution in [0.3, 0.4) is 0 Å². The van der Waals surface area contributed by atoms with Gasteiger partial charge in [0, 0.05) is 12.6 Å². The fourth-order valence-electron chi connectivity index (χ4n) is 2.39. The maximum Gasteiger partial charge on any atom is 0.326 e. The summed E-state index contributed by atoms with van der Waals surface area (Å²) in [5, 5.41) is 9.16. The summed E-state index contributed by atoms with van der Waals surface area (Å²) in [4.78, 5) is 24.7. The largest absolute Gasteiger partial charge is 0.480 e. The van der Waals surface area contributed by atoms with Gasteiger partial charge in [-0.1, -0.05) is 29.8 Å². The fourth-order valence-corrected chi connectivity index (χ4v) is 2.39. The lowest BCUT2D eigenvalue weighted by molar-refractivity contribution is -0.150. The first-order valence-corrected chi connectivity index (χ1v) is 6.86. The standard InChI is InChI=1S/C16H19NO3/c1-12-5-7-13(8-6-12)9-10-15(18)17-11-3-2-4-14(17)16(19)20/h5-10,14H,2-4,11H2,1H3,(H,19,20)/t14-/m1/s1. The average Bonchev–Trinajstić information content (AvgIpc) is 2.46. The van der Waals surface area contributed by atoms with Crippen molar-refractivity contribution in [3.8, 4) is 0 Å². The van der Waals surface area contributed by atoms with Crippen molar-refractivity contribution in [1.29, 1.82) is 0 Å². The van der Waals surface area contributed by atoms with Crippen molar-refractivity contribution in [2.45, 2.75) is 32.2 Å². The monoisotopic (exact) mass is 273 g/mol. The Balaban J connectivity index is 2.06. The van der Waals surface area contributed by atoms with Crippen LogP contribution in [0.15, 0.2) is 30.3 Å². The smallest absolute Gasteiger partial charge is 0.326 e. The van der Waals surface area contributed by atoms with Crippen molar-refractivity contribution in [2.75, 3.05) is 6.54 Å². The molecule has 1 aliphatic heterocycles. The number of hydrogen-bond acceptors (Lipinski definition) is 2. The number of piperidine rings is 1. The molecule has 4 heteroatoms. The van der Waals surface area contributed by atoms with Gasteiger partial charge < -0.3 is 10.0 Å². The molecule has 1 amide bonds. The maximum absolute atomic E-state index is 12.1. The summed E-state index contributed by atoms with van der Waals surface area (Å²) in [6, 6.07) is 7.14. The minimum Gasteiger partial charge on any atom is -0.480 e. The molecule has 0 saturated carbocycles. The van der Waals surface area contributed by atoms with E-state index >= 15 is 0 Å². The van der Waals surface area contributed by atoms with Gasteiger partial charge in [0.15, 0.2) is 0 Å². The van der Waals surface area contributed by atoms with Gasteiger partial charge in [0.25, 0.3) is 0 Å². The van der Waals surface area contributed by atoms with Crippen LogP contribution in [-0.2, 0) is 9.59 Å². The molecule has 0 radical (unpaired) electrons. The van der Waals surface area contributed by atoms with Gasteiger partial charge in [0.2, 0.25) is 5.91 Å². The van der Waals surface area contributed by atoms with Crippen LogP contribution < -0.4 is 0 Å². The number of aliphatic carboxylic acids is 1. The number of hydrogen-bond donors (Lipinski definition) is 1. The van der Waals surface area contributed by atoms with E-state index in [0.717, 1.165) is 24.0 Å². The van der Waals surface area contributed by atoms with E-state index in [1.807, 2.05) is 31.2 Å². The number of amides is 1. The lowest BCUT2D eigenvalue weighted by Gasteiger charge is -2.32. The second kappa shape index (κ2) is 6.37. The summed E-state index contributed by atoms with van der Waals surface area (Å²) in [6.45, 7) is 2.53. The van der Waals surface area contributed by atoms with Crippen LogP contribution in [0.4, 0.5) is 0 Å². The Bertz CT molecular complexity index is 519. The van der Waals surface area contributed by atoms with Crippen LogP contribution >= 0.6 is 0 Å². The predicted octanol–water partition coefficient (Wildman–Crippen LogP) is 2.47. The summed E-state index contributed by atoms with van der Waals surface area (Å²) < 4.78 is 0. The van der Waals surface area contributed by atoms with E-state index in [1.165, 1.54) is 11.0 Å². The van der Waals surface area contributed by atoms with E-state index < -0.39 is 12.0 Å². The van der Waals surface area contributed by atoms with Crippen molar-refractivity contribution in [3.05, 3.63) is 41.5 Å². The van der Waals surface area contributed by atoms with Crippen molar-refractivity contribution < 1.29 is 14.7 Å². The van der Waals surface area contributed by atoms with Crippen molar-refractivity contribution in [3.63, 3.8) is 0 Å². The number of carbonyl (C=O) groups is 2. The van der Waals surface area contributed by atoms with E-state index in [9.17, 15) is 9.59 Å². The van der Waals surface area contributed by atoms with E-state index in [1.54, 1.807) is 6.08 Å². The Morgan fingerprint density at radius 3 is 2.60 bits per heavy atom.